The van der Waals surface area contributed by atoms with Crippen LogP contribution in [0.4, 0.5) is 10.5 Å². The fourth-order valence-corrected chi connectivity index (χ4v) is 3.12. The fraction of sp³-hybridized carbons (Fsp3) is 0.400. The minimum atomic E-state index is -0.273. The third kappa shape index (κ3) is 4.89. The number of benzene rings is 1. The first kappa shape index (κ1) is 19.0. The number of carbonyl (C=O) groups is 1. The summed E-state index contributed by atoms with van der Waals surface area (Å²) in [5.74, 6) is 0.733. The van der Waals surface area contributed by atoms with Gasteiger partial charge in [-0.05, 0) is 25.0 Å². The van der Waals surface area contributed by atoms with Gasteiger partial charge in [0.05, 0.1) is 19.8 Å². The molecule has 1 aliphatic rings. The number of nitrogens with one attached hydrogen (secondary N) is 1. The van der Waals surface area contributed by atoms with Crippen molar-refractivity contribution in [2.45, 2.75) is 25.5 Å². The number of hydrogen-bond acceptors (Lipinski definition) is 4. The first-order valence-corrected chi connectivity index (χ1v) is 9.03. The lowest BCUT2D eigenvalue weighted by molar-refractivity contribution is 0.0817. The van der Waals surface area contributed by atoms with Gasteiger partial charge in [0.1, 0.15) is 5.75 Å². The van der Waals surface area contributed by atoms with E-state index in [0.29, 0.717) is 18.8 Å². The van der Waals surface area contributed by atoms with E-state index in [-0.39, 0.29) is 17.7 Å². The van der Waals surface area contributed by atoms with Crippen molar-refractivity contribution >= 4 is 11.7 Å². The molecule has 0 saturated carbocycles. The van der Waals surface area contributed by atoms with Crippen LogP contribution in [-0.2, 0) is 18.3 Å². The Morgan fingerprint density at radius 3 is 2.89 bits per heavy atom. The van der Waals surface area contributed by atoms with Gasteiger partial charge in [-0.3, -0.25) is 4.79 Å². The van der Waals surface area contributed by atoms with E-state index in [1.54, 1.807) is 31.3 Å². The molecule has 1 aliphatic heterocycles. The Bertz CT molecular complexity index is 843. The highest BCUT2D eigenvalue weighted by atomic mass is 16.5. The van der Waals surface area contributed by atoms with E-state index in [1.165, 1.54) is 10.6 Å². The predicted molar refractivity (Wildman–Crippen MR) is 103 cm³/mol. The first-order chi connectivity index (χ1) is 13.1. The van der Waals surface area contributed by atoms with Crippen molar-refractivity contribution in [2.75, 3.05) is 25.6 Å². The van der Waals surface area contributed by atoms with E-state index >= 15 is 0 Å². The molecule has 2 heterocycles. The molecule has 1 unspecified atom stereocenters. The number of rotatable bonds is 6. The Labute approximate surface area is 158 Å². The van der Waals surface area contributed by atoms with Crippen LogP contribution in [0.2, 0.25) is 0 Å². The largest absolute Gasteiger partial charge is 0.496 e. The van der Waals surface area contributed by atoms with Gasteiger partial charge in [-0.2, -0.15) is 0 Å². The van der Waals surface area contributed by atoms with Gasteiger partial charge < -0.3 is 24.3 Å². The summed E-state index contributed by atoms with van der Waals surface area (Å²) in [5.41, 5.74) is 1.21. The van der Waals surface area contributed by atoms with Crippen molar-refractivity contribution in [3.05, 3.63) is 58.5 Å². The van der Waals surface area contributed by atoms with Gasteiger partial charge in [0.25, 0.3) is 5.56 Å². The maximum absolute atomic E-state index is 12.9. The zero-order chi connectivity index (χ0) is 19.2. The van der Waals surface area contributed by atoms with Crippen LogP contribution in [0.5, 0.6) is 5.75 Å². The van der Waals surface area contributed by atoms with Gasteiger partial charge >= 0.3 is 6.03 Å². The average Bonchev–Trinajstić information content (AvgIpc) is 3.18. The summed E-state index contributed by atoms with van der Waals surface area (Å²) in [7, 11) is 3.28. The number of aromatic nitrogens is 1. The van der Waals surface area contributed by atoms with Gasteiger partial charge in [-0.1, -0.05) is 18.2 Å². The van der Waals surface area contributed by atoms with Gasteiger partial charge in [0.2, 0.25) is 0 Å². The third-order valence-corrected chi connectivity index (χ3v) is 4.64. The Morgan fingerprint density at radius 2 is 2.19 bits per heavy atom. The third-order valence-electron chi connectivity index (χ3n) is 4.64. The number of methoxy groups -OCH3 is 1. The number of anilines is 1. The number of aryl methyl sites for hydroxylation is 1. The Balaban J connectivity index is 1.78. The summed E-state index contributed by atoms with van der Waals surface area (Å²) >= 11 is 0. The van der Waals surface area contributed by atoms with E-state index in [4.69, 9.17) is 9.47 Å². The topological polar surface area (TPSA) is 72.8 Å². The highest BCUT2D eigenvalue weighted by molar-refractivity contribution is 5.89. The second kappa shape index (κ2) is 8.73. The SMILES string of the molecule is COc1ccccc1CN(CC1CCCO1)C(=O)Nc1ccn(C)c(=O)c1. The van der Waals surface area contributed by atoms with Gasteiger partial charge in [0, 0.05) is 43.7 Å². The number of nitrogens with zero attached hydrogens (tertiary/aromatic N) is 2. The molecule has 1 fully saturated rings. The molecule has 0 bridgehead atoms. The summed E-state index contributed by atoms with van der Waals surface area (Å²) in [6, 6.07) is 10.5. The van der Waals surface area contributed by atoms with Crippen LogP contribution in [0.1, 0.15) is 18.4 Å². The Hall–Kier alpha value is -2.80. The molecule has 144 valence electrons. The molecule has 0 aliphatic carbocycles. The standard InChI is InChI=1S/C20H25N3O4/c1-22-10-9-16(12-19(22)24)21-20(25)23(14-17-7-5-11-27-17)13-15-6-3-4-8-18(15)26-2/h3-4,6,8-10,12,17H,5,7,11,13-14H2,1-2H3,(H,21,25). The zero-order valence-corrected chi connectivity index (χ0v) is 15.7. The molecule has 2 amide bonds. The van der Waals surface area contributed by atoms with Crippen LogP contribution in [0.25, 0.3) is 0 Å². The average molecular weight is 371 g/mol. The molecule has 0 radical (unpaired) electrons. The van der Waals surface area contributed by atoms with E-state index in [2.05, 4.69) is 5.32 Å². The lowest BCUT2D eigenvalue weighted by Crippen LogP contribution is -2.40. The second-order valence-corrected chi connectivity index (χ2v) is 6.62. The molecular weight excluding hydrogens is 346 g/mol. The van der Waals surface area contributed by atoms with Crippen molar-refractivity contribution in [3.8, 4) is 5.75 Å². The van der Waals surface area contributed by atoms with Crippen molar-refractivity contribution < 1.29 is 14.3 Å². The molecule has 1 N–H and O–H groups in total. The van der Waals surface area contributed by atoms with Crippen LogP contribution in [0.15, 0.2) is 47.4 Å². The number of para-hydroxylation sites is 1. The molecule has 1 atom stereocenters. The lowest BCUT2D eigenvalue weighted by Gasteiger charge is -2.26. The summed E-state index contributed by atoms with van der Waals surface area (Å²) in [6.45, 7) is 1.60. The summed E-state index contributed by atoms with van der Waals surface area (Å²) in [4.78, 5) is 26.4. The summed E-state index contributed by atoms with van der Waals surface area (Å²) in [6.07, 6.45) is 3.59. The number of carbonyl (C=O) groups excluding carboxylic acids is 1. The molecule has 3 rings (SSSR count). The molecular formula is C20H25N3O4. The van der Waals surface area contributed by atoms with Crippen LogP contribution in [-0.4, -0.2) is 41.9 Å². The Morgan fingerprint density at radius 1 is 1.37 bits per heavy atom. The molecule has 7 nitrogen and oxygen atoms in total. The molecule has 27 heavy (non-hydrogen) atoms. The van der Waals surface area contributed by atoms with Gasteiger partial charge in [-0.15, -0.1) is 0 Å². The monoisotopic (exact) mass is 371 g/mol. The van der Waals surface area contributed by atoms with Crippen molar-refractivity contribution in [1.29, 1.82) is 0 Å². The number of ether oxygens (including phenoxy) is 2. The number of amides is 2. The molecule has 2 aromatic rings. The van der Waals surface area contributed by atoms with Gasteiger partial charge in [0.15, 0.2) is 0 Å². The highest BCUT2D eigenvalue weighted by Gasteiger charge is 2.24. The second-order valence-electron chi connectivity index (χ2n) is 6.62. The zero-order valence-electron chi connectivity index (χ0n) is 15.7. The fourth-order valence-electron chi connectivity index (χ4n) is 3.12. The van der Waals surface area contributed by atoms with E-state index in [1.807, 2.05) is 24.3 Å². The van der Waals surface area contributed by atoms with E-state index in [9.17, 15) is 9.59 Å². The molecule has 7 heteroatoms. The normalized spacial score (nSPS) is 16.1. The van der Waals surface area contributed by atoms with E-state index in [0.717, 1.165) is 30.8 Å². The minimum Gasteiger partial charge on any atom is -0.496 e. The van der Waals surface area contributed by atoms with Crippen LogP contribution in [0.3, 0.4) is 0 Å². The summed E-state index contributed by atoms with van der Waals surface area (Å²) in [5, 5.41) is 2.82. The van der Waals surface area contributed by atoms with Crippen LogP contribution in [0, 0.1) is 0 Å². The minimum absolute atomic E-state index is 0.0223. The lowest BCUT2D eigenvalue weighted by atomic mass is 10.1. The maximum atomic E-state index is 12.9. The molecule has 1 aromatic carbocycles. The van der Waals surface area contributed by atoms with Gasteiger partial charge in [-0.25, -0.2) is 4.79 Å². The smallest absolute Gasteiger partial charge is 0.322 e. The number of hydrogen-bond donors (Lipinski definition) is 1. The van der Waals surface area contributed by atoms with E-state index < -0.39 is 0 Å². The highest BCUT2D eigenvalue weighted by Crippen LogP contribution is 2.22. The summed E-state index contributed by atoms with van der Waals surface area (Å²) < 4.78 is 12.6. The molecule has 1 aromatic heterocycles. The number of urea groups is 1. The first-order valence-electron chi connectivity index (χ1n) is 9.03. The van der Waals surface area contributed by atoms with Crippen molar-refractivity contribution in [2.24, 2.45) is 7.05 Å². The van der Waals surface area contributed by atoms with Crippen molar-refractivity contribution in [3.63, 3.8) is 0 Å². The van der Waals surface area contributed by atoms with Crippen LogP contribution >= 0.6 is 0 Å². The molecule has 0 spiro atoms. The number of pyridine rings is 1. The Kier molecular flexibility index (Phi) is 6.13. The molecule has 1 saturated heterocycles. The van der Waals surface area contributed by atoms with Crippen LogP contribution < -0.4 is 15.6 Å². The predicted octanol–water partition coefficient (Wildman–Crippen LogP) is 2.61. The maximum Gasteiger partial charge on any atom is 0.322 e. The van der Waals surface area contributed by atoms with Crippen molar-refractivity contribution in [1.82, 2.24) is 9.47 Å². The quantitative estimate of drug-likeness (QED) is 0.847.